The van der Waals surface area contributed by atoms with Gasteiger partial charge in [-0.2, -0.15) is 5.10 Å². The van der Waals surface area contributed by atoms with E-state index in [1.54, 1.807) is 12.1 Å². The highest BCUT2D eigenvalue weighted by Crippen LogP contribution is 2.30. The fourth-order valence-corrected chi connectivity index (χ4v) is 4.46. The topological polar surface area (TPSA) is 113 Å². The Bertz CT molecular complexity index is 1210. The molecule has 1 fully saturated rings. The van der Waals surface area contributed by atoms with E-state index in [4.69, 9.17) is 15.5 Å². The molecule has 8 heteroatoms. The van der Waals surface area contributed by atoms with E-state index in [1.807, 2.05) is 12.3 Å². The molecule has 0 radical (unpaired) electrons. The van der Waals surface area contributed by atoms with Gasteiger partial charge < -0.3 is 15.5 Å². The molecule has 8 nitrogen and oxygen atoms in total. The number of amides is 1. The van der Waals surface area contributed by atoms with Gasteiger partial charge in [-0.05, 0) is 62.0 Å². The summed E-state index contributed by atoms with van der Waals surface area (Å²) in [6, 6.07) is 16.0. The third kappa shape index (κ3) is 4.50. The maximum atomic E-state index is 11.1. The van der Waals surface area contributed by atoms with E-state index in [-0.39, 0.29) is 0 Å². The standard InChI is InChI=1S/C24H26N6O2/c25-24(31)32-18-6-7-21-19(13-18)20(14-26-21)23-27-22(28-29-23)15-30-10-8-17(9-11-30)12-16-4-2-1-3-5-16/h1-7,13-14,17,26H,8-12,15H2,(H2,25,31)(H,27,28,29). The van der Waals surface area contributed by atoms with Crippen molar-refractivity contribution in [3.63, 3.8) is 0 Å². The van der Waals surface area contributed by atoms with Crippen molar-refractivity contribution < 1.29 is 9.53 Å². The molecule has 0 aliphatic carbocycles. The summed E-state index contributed by atoms with van der Waals surface area (Å²) in [5.41, 5.74) is 8.31. The summed E-state index contributed by atoms with van der Waals surface area (Å²) in [5.74, 6) is 2.59. The van der Waals surface area contributed by atoms with Crippen LogP contribution in [0.4, 0.5) is 4.79 Å². The number of nitrogens with one attached hydrogen (secondary N) is 2. The Labute approximate surface area is 185 Å². The number of aromatic amines is 2. The summed E-state index contributed by atoms with van der Waals surface area (Å²) in [6.45, 7) is 2.88. The zero-order valence-electron chi connectivity index (χ0n) is 17.8. The minimum atomic E-state index is -0.839. The molecule has 0 bridgehead atoms. The van der Waals surface area contributed by atoms with Gasteiger partial charge in [0.15, 0.2) is 5.82 Å². The maximum absolute atomic E-state index is 11.1. The first-order valence-corrected chi connectivity index (χ1v) is 10.9. The van der Waals surface area contributed by atoms with Crippen LogP contribution in [0.3, 0.4) is 0 Å². The minimum Gasteiger partial charge on any atom is -0.410 e. The van der Waals surface area contributed by atoms with Crippen LogP contribution in [0, 0.1) is 5.92 Å². The smallest absolute Gasteiger partial charge is 0.409 e. The molecule has 2 aromatic carbocycles. The fourth-order valence-electron chi connectivity index (χ4n) is 4.46. The first-order chi connectivity index (χ1) is 15.6. The molecular formula is C24H26N6O2. The van der Waals surface area contributed by atoms with E-state index in [0.717, 1.165) is 54.3 Å². The Hall–Kier alpha value is -3.65. The van der Waals surface area contributed by atoms with E-state index in [2.05, 4.69) is 50.4 Å². The fraction of sp³-hybridized carbons (Fsp3) is 0.292. The number of rotatable bonds is 6. The number of likely N-dealkylation sites (tertiary alicyclic amines) is 1. The van der Waals surface area contributed by atoms with Crippen LogP contribution in [-0.2, 0) is 13.0 Å². The Kier molecular flexibility index (Phi) is 5.60. The molecule has 1 aliphatic rings. The Morgan fingerprint density at radius 1 is 1.16 bits per heavy atom. The van der Waals surface area contributed by atoms with Crippen LogP contribution in [0.15, 0.2) is 54.7 Å². The van der Waals surface area contributed by atoms with Crippen LogP contribution in [0.25, 0.3) is 22.3 Å². The van der Waals surface area contributed by atoms with Crippen molar-refractivity contribution >= 4 is 17.0 Å². The van der Waals surface area contributed by atoms with Crippen LogP contribution in [0.1, 0.15) is 24.2 Å². The lowest BCUT2D eigenvalue weighted by Crippen LogP contribution is -2.34. The molecule has 1 aliphatic heterocycles. The summed E-state index contributed by atoms with van der Waals surface area (Å²) in [5, 5.41) is 8.37. The number of benzene rings is 2. The van der Waals surface area contributed by atoms with Crippen molar-refractivity contribution in [1.29, 1.82) is 0 Å². The molecule has 0 spiro atoms. The Morgan fingerprint density at radius 3 is 2.75 bits per heavy atom. The van der Waals surface area contributed by atoms with E-state index >= 15 is 0 Å². The normalized spacial score (nSPS) is 15.2. The number of H-pyrrole nitrogens is 2. The number of piperidine rings is 1. The summed E-state index contributed by atoms with van der Waals surface area (Å²) >= 11 is 0. The van der Waals surface area contributed by atoms with E-state index in [1.165, 1.54) is 18.4 Å². The van der Waals surface area contributed by atoms with Crippen molar-refractivity contribution in [3.05, 3.63) is 66.1 Å². The van der Waals surface area contributed by atoms with Crippen molar-refractivity contribution in [2.75, 3.05) is 13.1 Å². The zero-order valence-corrected chi connectivity index (χ0v) is 17.8. The summed E-state index contributed by atoms with van der Waals surface area (Å²) in [7, 11) is 0. The van der Waals surface area contributed by atoms with Crippen molar-refractivity contribution in [2.45, 2.75) is 25.8 Å². The number of carbonyl (C=O) groups excluding carboxylic acids is 1. The molecule has 3 heterocycles. The number of primary amides is 1. The number of hydrogen-bond donors (Lipinski definition) is 3. The number of nitrogens with two attached hydrogens (primary N) is 1. The predicted molar refractivity (Wildman–Crippen MR) is 122 cm³/mol. The van der Waals surface area contributed by atoms with E-state index < -0.39 is 6.09 Å². The van der Waals surface area contributed by atoms with Crippen molar-refractivity contribution in [2.24, 2.45) is 11.7 Å². The maximum Gasteiger partial charge on any atom is 0.409 e. The second-order valence-electron chi connectivity index (χ2n) is 8.35. The van der Waals surface area contributed by atoms with Gasteiger partial charge in [-0.3, -0.25) is 10.00 Å². The molecule has 0 saturated carbocycles. The quantitative estimate of drug-likeness (QED) is 0.430. The minimum absolute atomic E-state index is 0.389. The lowest BCUT2D eigenvalue weighted by atomic mass is 9.90. The highest BCUT2D eigenvalue weighted by Gasteiger charge is 2.21. The molecule has 2 aromatic heterocycles. The summed E-state index contributed by atoms with van der Waals surface area (Å²) in [4.78, 5) is 21.4. The molecule has 1 amide bonds. The van der Waals surface area contributed by atoms with Gasteiger partial charge in [0, 0.05) is 22.7 Å². The Morgan fingerprint density at radius 2 is 1.97 bits per heavy atom. The van der Waals surface area contributed by atoms with Gasteiger partial charge in [-0.1, -0.05) is 30.3 Å². The lowest BCUT2D eigenvalue weighted by Gasteiger charge is -2.31. The average molecular weight is 431 g/mol. The van der Waals surface area contributed by atoms with Gasteiger partial charge in [-0.15, -0.1) is 0 Å². The van der Waals surface area contributed by atoms with Gasteiger partial charge in [0.25, 0.3) is 0 Å². The number of carbonyl (C=O) groups is 1. The van der Waals surface area contributed by atoms with Gasteiger partial charge in [0.2, 0.25) is 0 Å². The van der Waals surface area contributed by atoms with E-state index in [0.29, 0.717) is 11.6 Å². The molecule has 0 atom stereocenters. The van der Waals surface area contributed by atoms with Crippen LogP contribution in [0.2, 0.25) is 0 Å². The Balaban J connectivity index is 1.23. The number of fused-ring (bicyclic) bond motifs is 1. The van der Waals surface area contributed by atoms with Gasteiger partial charge in [-0.25, -0.2) is 9.78 Å². The zero-order chi connectivity index (χ0) is 21.9. The molecule has 164 valence electrons. The summed E-state index contributed by atoms with van der Waals surface area (Å²) in [6.07, 6.45) is 4.57. The van der Waals surface area contributed by atoms with Gasteiger partial charge >= 0.3 is 6.09 Å². The second-order valence-corrected chi connectivity index (χ2v) is 8.35. The largest absolute Gasteiger partial charge is 0.410 e. The number of nitrogens with zero attached hydrogens (tertiary/aromatic N) is 3. The van der Waals surface area contributed by atoms with Gasteiger partial charge in [0.1, 0.15) is 11.6 Å². The number of hydrogen-bond acceptors (Lipinski definition) is 5. The predicted octanol–water partition coefficient (Wildman–Crippen LogP) is 3.87. The third-order valence-corrected chi connectivity index (χ3v) is 6.09. The first-order valence-electron chi connectivity index (χ1n) is 10.9. The SMILES string of the molecule is NC(=O)Oc1ccc2[nH]cc(-c3n[nH]c(CN4CCC(Cc5ccccc5)CC4)n3)c2c1. The number of ether oxygens (including phenoxy) is 1. The molecule has 32 heavy (non-hydrogen) atoms. The average Bonchev–Trinajstić information content (AvgIpc) is 3.42. The highest BCUT2D eigenvalue weighted by atomic mass is 16.5. The lowest BCUT2D eigenvalue weighted by molar-refractivity contribution is 0.173. The monoisotopic (exact) mass is 430 g/mol. The number of aromatic nitrogens is 4. The van der Waals surface area contributed by atoms with Crippen LogP contribution < -0.4 is 10.5 Å². The summed E-state index contributed by atoms with van der Waals surface area (Å²) < 4.78 is 5.00. The molecule has 5 rings (SSSR count). The van der Waals surface area contributed by atoms with Crippen molar-refractivity contribution in [3.8, 4) is 17.1 Å². The molecule has 1 saturated heterocycles. The molecular weight excluding hydrogens is 404 g/mol. The van der Waals surface area contributed by atoms with Crippen LogP contribution in [0.5, 0.6) is 5.75 Å². The molecule has 4 aromatic rings. The van der Waals surface area contributed by atoms with Gasteiger partial charge in [0.05, 0.1) is 6.54 Å². The molecule has 4 N–H and O–H groups in total. The van der Waals surface area contributed by atoms with Crippen LogP contribution in [-0.4, -0.2) is 44.2 Å². The van der Waals surface area contributed by atoms with Crippen LogP contribution >= 0.6 is 0 Å². The van der Waals surface area contributed by atoms with Crippen molar-refractivity contribution in [1.82, 2.24) is 25.1 Å². The van der Waals surface area contributed by atoms with E-state index in [9.17, 15) is 4.79 Å². The highest BCUT2D eigenvalue weighted by molar-refractivity contribution is 5.94. The molecule has 0 unspecified atom stereocenters. The second kappa shape index (κ2) is 8.84. The third-order valence-electron chi connectivity index (χ3n) is 6.09. The first kappa shape index (κ1) is 20.3.